The minimum Gasteiger partial charge on any atom is -0.468 e. The first-order valence-corrected chi connectivity index (χ1v) is 10.1. The fourth-order valence-corrected chi connectivity index (χ4v) is 4.55. The van der Waals surface area contributed by atoms with E-state index in [1.807, 2.05) is 14.1 Å². The van der Waals surface area contributed by atoms with Crippen LogP contribution < -0.4 is 4.90 Å². The number of anilines is 1. The number of fused-ring (bicyclic) bond motifs is 1. The fourth-order valence-electron chi connectivity index (χ4n) is 4.55. The van der Waals surface area contributed by atoms with Crippen LogP contribution in [-0.2, 0) is 34.1 Å². The first-order chi connectivity index (χ1) is 15.2. The molecule has 0 radical (unpaired) electrons. The van der Waals surface area contributed by atoms with Crippen molar-refractivity contribution in [3.05, 3.63) is 25.3 Å². The topological polar surface area (TPSA) is 126 Å². The summed E-state index contributed by atoms with van der Waals surface area (Å²) in [5.74, 6) is -2.36. The summed E-state index contributed by atoms with van der Waals surface area (Å²) in [4.78, 5) is 54.1. The molecule has 0 bridgehead atoms. The molecule has 2 aromatic heterocycles. The van der Waals surface area contributed by atoms with Gasteiger partial charge in [-0.05, 0) is 13.3 Å². The van der Waals surface area contributed by atoms with Crippen molar-refractivity contribution >= 4 is 34.9 Å². The second-order valence-corrected chi connectivity index (χ2v) is 7.81. The third kappa shape index (κ3) is 3.19. The number of methoxy groups -OCH3 is 2. The highest BCUT2D eigenvalue weighted by molar-refractivity contribution is 6.02. The fraction of sp³-hybridized carbons (Fsp3) is 0.524. The van der Waals surface area contributed by atoms with Gasteiger partial charge in [-0.2, -0.15) is 0 Å². The number of allylic oxidation sites excluding steroid dienone is 1. The van der Waals surface area contributed by atoms with Crippen LogP contribution in [0.25, 0.3) is 11.2 Å². The predicted octanol–water partition coefficient (Wildman–Crippen LogP) is 1.08. The van der Waals surface area contributed by atoms with Gasteiger partial charge in [0.25, 0.3) is 0 Å². The van der Waals surface area contributed by atoms with Gasteiger partial charge in [0.1, 0.15) is 6.33 Å². The lowest BCUT2D eigenvalue weighted by atomic mass is 9.83. The zero-order valence-electron chi connectivity index (χ0n) is 18.8. The molecule has 0 unspecified atom stereocenters. The third-order valence-corrected chi connectivity index (χ3v) is 5.99. The first kappa shape index (κ1) is 23.2. The highest BCUT2D eigenvalue weighted by atomic mass is 16.5. The van der Waals surface area contributed by atoms with Crippen LogP contribution in [0.4, 0.5) is 5.82 Å². The van der Waals surface area contributed by atoms with E-state index in [2.05, 4.69) is 21.5 Å². The second kappa shape index (κ2) is 8.56. The summed E-state index contributed by atoms with van der Waals surface area (Å²) in [6.45, 7) is 5.64. The summed E-state index contributed by atoms with van der Waals surface area (Å²) in [5.41, 5.74) is -2.46. The lowest BCUT2D eigenvalue weighted by Gasteiger charge is -2.33. The molecule has 3 rings (SSSR count). The van der Waals surface area contributed by atoms with Crippen LogP contribution in [0.15, 0.2) is 25.3 Å². The molecule has 1 aliphatic rings. The van der Waals surface area contributed by atoms with Crippen LogP contribution in [0, 0.1) is 11.3 Å². The molecule has 0 saturated heterocycles. The van der Waals surface area contributed by atoms with E-state index in [4.69, 9.17) is 14.2 Å². The van der Waals surface area contributed by atoms with E-state index in [0.717, 1.165) is 0 Å². The van der Waals surface area contributed by atoms with E-state index in [9.17, 15) is 14.4 Å². The van der Waals surface area contributed by atoms with Crippen LogP contribution in [0.5, 0.6) is 0 Å². The smallest absolute Gasteiger partial charge is 0.333 e. The average molecular weight is 445 g/mol. The van der Waals surface area contributed by atoms with Crippen LogP contribution >= 0.6 is 0 Å². The summed E-state index contributed by atoms with van der Waals surface area (Å²) >= 11 is 0. The van der Waals surface area contributed by atoms with E-state index < -0.39 is 34.8 Å². The zero-order valence-corrected chi connectivity index (χ0v) is 18.8. The van der Waals surface area contributed by atoms with Gasteiger partial charge in [-0.1, -0.05) is 6.08 Å². The molecule has 2 aromatic rings. The Morgan fingerprint density at radius 3 is 2.38 bits per heavy atom. The SMILES string of the molecule is C=C[C@H]1CC(C(=O)OC)(C(=O)OC)C[C@@]1(C(=O)OCC)n1cnc2c(N(C)C)ncnc21. The van der Waals surface area contributed by atoms with Gasteiger partial charge in [-0.3, -0.25) is 14.2 Å². The Balaban J connectivity index is 2.34. The number of carbonyl (C=O) groups excluding carboxylic acids is 3. The summed E-state index contributed by atoms with van der Waals surface area (Å²) in [7, 11) is 5.99. The van der Waals surface area contributed by atoms with E-state index >= 15 is 0 Å². The molecule has 0 N–H and O–H groups in total. The van der Waals surface area contributed by atoms with Crippen molar-refractivity contribution in [2.45, 2.75) is 25.3 Å². The summed E-state index contributed by atoms with van der Waals surface area (Å²) in [6.07, 6.45) is 4.02. The van der Waals surface area contributed by atoms with E-state index in [-0.39, 0.29) is 19.4 Å². The Labute approximate surface area is 185 Å². The quantitative estimate of drug-likeness (QED) is 0.264. The molecule has 2 atom stereocenters. The van der Waals surface area contributed by atoms with Crippen LogP contribution in [0.3, 0.4) is 0 Å². The van der Waals surface area contributed by atoms with Gasteiger partial charge in [0.15, 0.2) is 27.9 Å². The molecular weight excluding hydrogens is 418 g/mol. The summed E-state index contributed by atoms with van der Waals surface area (Å²) in [5, 5.41) is 0. The number of esters is 3. The molecule has 1 aliphatic carbocycles. The van der Waals surface area contributed by atoms with Gasteiger partial charge in [0.2, 0.25) is 0 Å². The maximum atomic E-state index is 13.5. The first-order valence-electron chi connectivity index (χ1n) is 10.1. The number of hydrogen-bond donors (Lipinski definition) is 0. The average Bonchev–Trinajstić information content (AvgIpc) is 3.38. The number of carbonyl (C=O) groups is 3. The molecule has 11 nitrogen and oxygen atoms in total. The molecule has 1 saturated carbocycles. The Bertz CT molecular complexity index is 1050. The lowest BCUT2D eigenvalue weighted by molar-refractivity contribution is -0.170. The number of aromatic nitrogens is 4. The molecule has 172 valence electrons. The van der Waals surface area contributed by atoms with Crippen molar-refractivity contribution in [1.82, 2.24) is 19.5 Å². The Morgan fingerprint density at radius 2 is 1.84 bits per heavy atom. The number of nitrogens with zero attached hydrogens (tertiary/aromatic N) is 5. The molecule has 0 amide bonds. The maximum Gasteiger partial charge on any atom is 0.333 e. The Kier molecular flexibility index (Phi) is 6.20. The Hall–Kier alpha value is -3.50. The lowest BCUT2D eigenvalue weighted by Crippen LogP contribution is -2.48. The standard InChI is InChI=1S/C21H27N5O6/c1-7-13-9-20(17(27)30-5,18(28)31-6)10-21(13,19(29)32-8-2)26-12-24-14-15(25(3)4)22-11-23-16(14)26/h7,11-13H,1,8-10H2,2-6H3/t13-,21+/m0/s1. The number of imidazole rings is 1. The van der Waals surface area contributed by atoms with Gasteiger partial charge in [0, 0.05) is 26.4 Å². The predicted molar refractivity (Wildman–Crippen MR) is 114 cm³/mol. The normalized spacial score (nSPS) is 21.7. The summed E-state index contributed by atoms with van der Waals surface area (Å²) in [6, 6.07) is 0. The van der Waals surface area contributed by atoms with Gasteiger partial charge in [-0.15, -0.1) is 6.58 Å². The number of hydrogen-bond acceptors (Lipinski definition) is 10. The van der Waals surface area contributed by atoms with Crippen molar-refractivity contribution in [3.8, 4) is 0 Å². The van der Waals surface area contributed by atoms with Crippen molar-refractivity contribution in [2.24, 2.45) is 11.3 Å². The minimum atomic E-state index is -1.73. The third-order valence-electron chi connectivity index (χ3n) is 5.99. The number of ether oxygens (including phenoxy) is 3. The van der Waals surface area contributed by atoms with Crippen molar-refractivity contribution in [2.75, 3.05) is 39.8 Å². The van der Waals surface area contributed by atoms with Gasteiger partial charge < -0.3 is 19.1 Å². The van der Waals surface area contributed by atoms with E-state index in [1.165, 1.54) is 33.0 Å². The van der Waals surface area contributed by atoms with E-state index in [1.54, 1.807) is 16.4 Å². The Morgan fingerprint density at radius 1 is 1.19 bits per heavy atom. The zero-order chi connectivity index (χ0) is 23.7. The monoisotopic (exact) mass is 445 g/mol. The van der Waals surface area contributed by atoms with Crippen molar-refractivity contribution in [1.29, 1.82) is 0 Å². The number of rotatable bonds is 7. The van der Waals surface area contributed by atoms with Gasteiger partial charge in [0.05, 0.1) is 27.2 Å². The van der Waals surface area contributed by atoms with Crippen molar-refractivity contribution in [3.63, 3.8) is 0 Å². The molecule has 0 spiro atoms. The van der Waals surface area contributed by atoms with Crippen LogP contribution in [0.2, 0.25) is 0 Å². The molecule has 11 heteroatoms. The van der Waals surface area contributed by atoms with Crippen LogP contribution in [-0.4, -0.2) is 72.3 Å². The van der Waals surface area contributed by atoms with Crippen molar-refractivity contribution < 1.29 is 28.6 Å². The maximum absolute atomic E-state index is 13.5. The second-order valence-electron chi connectivity index (χ2n) is 7.81. The molecule has 2 heterocycles. The molecular formula is C21H27N5O6. The minimum absolute atomic E-state index is 0.0556. The van der Waals surface area contributed by atoms with Gasteiger partial charge >= 0.3 is 17.9 Å². The van der Waals surface area contributed by atoms with E-state index in [0.29, 0.717) is 17.0 Å². The molecule has 1 fully saturated rings. The summed E-state index contributed by atoms with van der Waals surface area (Å²) < 4.78 is 16.9. The molecule has 32 heavy (non-hydrogen) atoms. The highest BCUT2D eigenvalue weighted by Crippen LogP contribution is 2.55. The van der Waals surface area contributed by atoms with Crippen LogP contribution in [0.1, 0.15) is 19.8 Å². The highest BCUT2D eigenvalue weighted by Gasteiger charge is 2.67. The van der Waals surface area contributed by atoms with Gasteiger partial charge in [-0.25, -0.2) is 19.7 Å². The molecule has 0 aromatic carbocycles. The molecule has 0 aliphatic heterocycles. The largest absolute Gasteiger partial charge is 0.468 e.